The predicted molar refractivity (Wildman–Crippen MR) is 57.1 cm³/mol. The van der Waals surface area contributed by atoms with E-state index >= 15 is 0 Å². The molecular weight excluding hydrogens is 180 g/mol. The Morgan fingerprint density at radius 2 is 2.14 bits per heavy atom. The first-order chi connectivity index (χ1) is 6.57. The number of aliphatic hydroxyl groups excluding tert-OH is 1. The number of nitrogens with zero attached hydrogens (tertiary/aromatic N) is 1. The number of hydrogen-bond donors (Lipinski definition) is 2. The molecule has 0 heterocycles. The van der Waals surface area contributed by atoms with E-state index in [2.05, 4.69) is 5.32 Å². The standard InChI is InChI=1S/C10H22N2O2/c1-4-9(13)8-11-7-5-6-10(14)12(2)3/h9,11,13H,4-8H2,1-3H3. The molecule has 0 radical (unpaired) electrons. The van der Waals surface area contributed by atoms with Crippen molar-refractivity contribution in [2.75, 3.05) is 27.2 Å². The SMILES string of the molecule is CCC(O)CNCCCC(=O)N(C)C. The van der Waals surface area contributed by atoms with Gasteiger partial charge in [0.25, 0.3) is 0 Å². The summed E-state index contributed by atoms with van der Waals surface area (Å²) in [6.07, 6.45) is 1.90. The van der Waals surface area contributed by atoms with Crippen LogP contribution in [-0.2, 0) is 4.79 Å². The first-order valence-corrected chi connectivity index (χ1v) is 5.16. The van der Waals surface area contributed by atoms with Crippen LogP contribution >= 0.6 is 0 Å². The average Bonchev–Trinajstić information content (AvgIpc) is 2.16. The van der Waals surface area contributed by atoms with E-state index in [4.69, 9.17) is 0 Å². The van der Waals surface area contributed by atoms with Gasteiger partial charge in [-0.05, 0) is 19.4 Å². The molecule has 0 fully saturated rings. The van der Waals surface area contributed by atoms with Crippen molar-refractivity contribution in [3.05, 3.63) is 0 Å². The molecule has 0 aliphatic rings. The van der Waals surface area contributed by atoms with E-state index in [1.807, 2.05) is 6.92 Å². The summed E-state index contributed by atoms with van der Waals surface area (Å²) >= 11 is 0. The zero-order valence-corrected chi connectivity index (χ0v) is 9.42. The van der Waals surface area contributed by atoms with Crippen LogP contribution in [0.2, 0.25) is 0 Å². The van der Waals surface area contributed by atoms with Gasteiger partial charge in [0.2, 0.25) is 5.91 Å². The molecule has 0 aromatic heterocycles. The van der Waals surface area contributed by atoms with Gasteiger partial charge in [-0.1, -0.05) is 6.92 Å². The van der Waals surface area contributed by atoms with Crippen LogP contribution in [-0.4, -0.2) is 49.2 Å². The highest BCUT2D eigenvalue weighted by molar-refractivity contribution is 5.75. The third-order valence-electron chi connectivity index (χ3n) is 2.09. The number of carbonyl (C=O) groups is 1. The minimum atomic E-state index is -0.264. The zero-order chi connectivity index (χ0) is 11.0. The molecule has 1 unspecified atom stereocenters. The second-order valence-electron chi connectivity index (χ2n) is 3.66. The molecule has 0 saturated heterocycles. The van der Waals surface area contributed by atoms with Gasteiger partial charge in [0.05, 0.1) is 6.10 Å². The van der Waals surface area contributed by atoms with Crippen molar-refractivity contribution in [3.8, 4) is 0 Å². The van der Waals surface area contributed by atoms with Gasteiger partial charge in [-0.25, -0.2) is 0 Å². The van der Waals surface area contributed by atoms with Crippen LogP contribution in [0, 0.1) is 0 Å². The Morgan fingerprint density at radius 3 is 2.64 bits per heavy atom. The van der Waals surface area contributed by atoms with Gasteiger partial charge in [0.15, 0.2) is 0 Å². The monoisotopic (exact) mass is 202 g/mol. The molecule has 0 spiro atoms. The number of rotatable bonds is 7. The lowest BCUT2D eigenvalue weighted by Crippen LogP contribution is -2.28. The maximum atomic E-state index is 11.1. The van der Waals surface area contributed by atoms with Crippen molar-refractivity contribution in [2.45, 2.75) is 32.3 Å². The molecule has 1 amide bonds. The van der Waals surface area contributed by atoms with Crippen molar-refractivity contribution in [1.29, 1.82) is 0 Å². The second-order valence-corrected chi connectivity index (χ2v) is 3.66. The lowest BCUT2D eigenvalue weighted by atomic mass is 10.2. The predicted octanol–water partition coefficient (Wildman–Crippen LogP) is 0.215. The number of amides is 1. The molecule has 2 N–H and O–H groups in total. The summed E-state index contributed by atoms with van der Waals surface area (Å²) in [4.78, 5) is 12.7. The third kappa shape index (κ3) is 6.86. The molecule has 4 nitrogen and oxygen atoms in total. The van der Waals surface area contributed by atoms with Gasteiger partial charge < -0.3 is 15.3 Å². The normalized spacial score (nSPS) is 12.6. The number of aliphatic hydroxyl groups is 1. The van der Waals surface area contributed by atoms with Gasteiger partial charge in [0, 0.05) is 27.1 Å². The van der Waals surface area contributed by atoms with Crippen LogP contribution in [0.3, 0.4) is 0 Å². The fourth-order valence-electron chi connectivity index (χ4n) is 1.00. The van der Waals surface area contributed by atoms with Crippen molar-refractivity contribution in [2.24, 2.45) is 0 Å². The first kappa shape index (κ1) is 13.4. The molecule has 0 aromatic rings. The maximum absolute atomic E-state index is 11.1. The fraction of sp³-hybridized carbons (Fsp3) is 0.900. The maximum Gasteiger partial charge on any atom is 0.222 e. The number of hydrogen-bond acceptors (Lipinski definition) is 3. The smallest absolute Gasteiger partial charge is 0.222 e. The summed E-state index contributed by atoms with van der Waals surface area (Å²) in [6.45, 7) is 3.35. The average molecular weight is 202 g/mol. The Morgan fingerprint density at radius 1 is 1.50 bits per heavy atom. The minimum absolute atomic E-state index is 0.155. The van der Waals surface area contributed by atoms with E-state index in [1.54, 1.807) is 19.0 Å². The molecule has 14 heavy (non-hydrogen) atoms. The Kier molecular flexibility index (Phi) is 7.42. The summed E-state index contributed by atoms with van der Waals surface area (Å²) < 4.78 is 0. The molecule has 0 aliphatic carbocycles. The van der Waals surface area contributed by atoms with Crippen LogP contribution < -0.4 is 5.32 Å². The van der Waals surface area contributed by atoms with Crippen LogP contribution in [0.15, 0.2) is 0 Å². The molecule has 0 saturated carbocycles. The van der Waals surface area contributed by atoms with E-state index in [0.29, 0.717) is 13.0 Å². The molecule has 0 aliphatic heterocycles. The van der Waals surface area contributed by atoms with Gasteiger partial charge in [-0.3, -0.25) is 4.79 Å². The van der Waals surface area contributed by atoms with Crippen molar-refractivity contribution in [1.82, 2.24) is 10.2 Å². The zero-order valence-electron chi connectivity index (χ0n) is 9.42. The van der Waals surface area contributed by atoms with Gasteiger partial charge in [0.1, 0.15) is 0 Å². The van der Waals surface area contributed by atoms with E-state index in [0.717, 1.165) is 19.4 Å². The van der Waals surface area contributed by atoms with Crippen molar-refractivity contribution < 1.29 is 9.90 Å². The van der Waals surface area contributed by atoms with E-state index < -0.39 is 0 Å². The summed E-state index contributed by atoms with van der Waals surface area (Å²) in [7, 11) is 3.52. The lowest BCUT2D eigenvalue weighted by molar-refractivity contribution is -0.128. The Bertz CT molecular complexity index is 160. The lowest BCUT2D eigenvalue weighted by Gasteiger charge is -2.11. The highest BCUT2D eigenvalue weighted by Gasteiger charge is 2.03. The molecule has 0 aromatic carbocycles. The second kappa shape index (κ2) is 7.76. The molecule has 84 valence electrons. The molecule has 0 rings (SSSR count). The summed E-state index contributed by atoms with van der Waals surface area (Å²) in [5.41, 5.74) is 0. The van der Waals surface area contributed by atoms with Gasteiger partial charge in [-0.2, -0.15) is 0 Å². The summed E-state index contributed by atoms with van der Waals surface area (Å²) in [5, 5.41) is 12.3. The van der Waals surface area contributed by atoms with E-state index in [-0.39, 0.29) is 12.0 Å². The third-order valence-corrected chi connectivity index (χ3v) is 2.09. The Balaban J connectivity index is 3.26. The van der Waals surface area contributed by atoms with Gasteiger partial charge >= 0.3 is 0 Å². The molecule has 1 atom stereocenters. The number of nitrogens with one attached hydrogen (secondary N) is 1. The largest absolute Gasteiger partial charge is 0.392 e. The van der Waals surface area contributed by atoms with E-state index in [9.17, 15) is 9.90 Å². The summed E-state index contributed by atoms with van der Waals surface area (Å²) in [6, 6.07) is 0. The fourth-order valence-corrected chi connectivity index (χ4v) is 1.00. The van der Waals surface area contributed by atoms with Crippen molar-refractivity contribution in [3.63, 3.8) is 0 Å². The molecule has 4 heteroatoms. The van der Waals surface area contributed by atoms with Gasteiger partial charge in [-0.15, -0.1) is 0 Å². The Hall–Kier alpha value is -0.610. The summed E-state index contributed by atoms with van der Waals surface area (Å²) in [5.74, 6) is 0.155. The Labute approximate surface area is 86.3 Å². The van der Waals surface area contributed by atoms with Crippen LogP contribution in [0.4, 0.5) is 0 Å². The minimum Gasteiger partial charge on any atom is -0.392 e. The van der Waals surface area contributed by atoms with Crippen LogP contribution in [0.25, 0.3) is 0 Å². The van der Waals surface area contributed by atoms with Crippen molar-refractivity contribution >= 4 is 5.91 Å². The highest BCUT2D eigenvalue weighted by Crippen LogP contribution is 1.92. The molecular formula is C10H22N2O2. The first-order valence-electron chi connectivity index (χ1n) is 5.16. The highest BCUT2D eigenvalue weighted by atomic mass is 16.3. The van der Waals surface area contributed by atoms with Crippen LogP contribution in [0.1, 0.15) is 26.2 Å². The molecule has 0 bridgehead atoms. The van der Waals surface area contributed by atoms with Crippen LogP contribution in [0.5, 0.6) is 0 Å². The van der Waals surface area contributed by atoms with E-state index in [1.165, 1.54) is 0 Å². The quantitative estimate of drug-likeness (QED) is 0.580. The topological polar surface area (TPSA) is 52.6 Å². The number of carbonyl (C=O) groups excluding carboxylic acids is 1.